The summed E-state index contributed by atoms with van der Waals surface area (Å²) in [7, 11) is 0. The average Bonchev–Trinajstić information content (AvgIpc) is 2.60. The lowest BCUT2D eigenvalue weighted by Crippen LogP contribution is -2.41. The molecule has 1 aromatic rings. The Kier molecular flexibility index (Phi) is 3.80. The van der Waals surface area contributed by atoms with E-state index in [1.807, 2.05) is 32.9 Å². The zero-order chi connectivity index (χ0) is 14.0. The molecule has 0 saturated carbocycles. The van der Waals surface area contributed by atoms with Crippen LogP contribution in [-0.4, -0.2) is 24.3 Å². The highest BCUT2D eigenvalue weighted by Gasteiger charge is 2.30. The molecule has 0 saturated heterocycles. The van der Waals surface area contributed by atoms with Gasteiger partial charge in [0, 0.05) is 17.5 Å². The molecule has 1 aromatic carbocycles. The summed E-state index contributed by atoms with van der Waals surface area (Å²) in [5.74, 6) is 0.0990. The number of nitrogens with one attached hydrogen (secondary N) is 1. The van der Waals surface area contributed by atoms with Crippen molar-refractivity contribution in [2.45, 2.75) is 44.7 Å². The number of ether oxygens (including phenoxy) is 1. The van der Waals surface area contributed by atoms with Gasteiger partial charge in [-0.3, -0.25) is 0 Å². The van der Waals surface area contributed by atoms with E-state index in [9.17, 15) is 4.79 Å². The van der Waals surface area contributed by atoms with E-state index in [4.69, 9.17) is 10.5 Å². The van der Waals surface area contributed by atoms with Crippen molar-refractivity contribution in [3.05, 3.63) is 35.4 Å². The Labute approximate surface area is 114 Å². The first-order chi connectivity index (χ1) is 8.87. The number of fused-ring (bicyclic) bond motifs is 1. The fourth-order valence-electron chi connectivity index (χ4n) is 2.43. The summed E-state index contributed by atoms with van der Waals surface area (Å²) >= 11 is 0. The van der Waals surface area contributed by atoms with Crippen LogP contribution < -0.4 is 11.1 Å². The van der Waals surface area contributed by atoms with Crippen LogP contribution in [0.25, 0.3) is 0 Å². The molecule has 1 amide bonds. The number of carbonyl (C=O) groups excluding carboxylic acids is 1. The van der Waals surface area contributed by atoms with Gasteiger partial charge in [-0.05, 0) is 38.3 Å². The largest absolute Gasteiger partial charge is 0.449 e. The Bertz CT molecular complexity index is 465. The highest BCUT2D eigenvalue weighted by atomic mass is 16.5. The fourth-order valence-corrected chi connectivity index (χ4v) is 2.43. The third-order valence-corrected chi connectivity index (χ3v) is 3.30. The van der Waals surface area contributed by atoms with Crippen molar-refractivity contribution in [1.29, 1.82) is 0 Å². The number of benzene rings is 1. The molecule has 1 aliphatic rings. The lowest BCUT2D eigenvalue weighted by Gasteiger charge is -2.22. The van der Waals surface area contributed by atoms with Crippen LogP contribution in [0.4, 0.5) is 4.79 Å². The van der Waals surface area contributed by atoms with Gasteiger partial charge in [-0.1, -0.05) is 24.3 Å². The summed E-state index contributed by atoms with van der Waals surface area (Å²) in [6.45, 7) is 6.10. The third-order valence-electron chi connectivity index (χ3n) is 3.30. The Balaban J connectivity index is 1.95. The van der Waals surface area contributed by atoms with Crippen molar-refractivity contribution in [3.63, 3.8) is 0 Å². The highest BCUT2D eigenvalue weighted by Crippen LogP contribution is 2.32. The molecule has 0 fully saturated rings. The standard InChI is InChI=1S/C15H22N2O2/c1-15(2,3)17-14(18)19-9-12-11-7-5-4-6-10(11)8-13(12)16/h4-7,12-13H,8-9,16H2,1-3H3,(H,17,18)/t12-,13-/m1/s1. The van der Waals surface area contributed by atoms with Gasteiger partial charge in [0.1, 0.15) is 6.61 Å². The van der Waals surface area contributed by atoms with Crippen LogP contribution in [0.3, 0.4) is 0 Å². The lowest BCUT2D eigenvalue weighted by molar-refractivity contribution is 0.128. The first-order valence-corrected chi connectivity index (χ1v) is 6.65. The van der Waals surface area contributed by atoms with E-state index in [0.29, 0.717) is 6.61 Å². The Morgan fingerprint density at radius 3 is 2.79 bits per heavy atom. The zero-order valence-electron chi connectivity index (χ0n) is 11.8. The molecular formula is C15H22N2O2. The van der Waals surface area contributed by atoms with Crippen molar-refractivity contribution in [3.8, 4) is 0 Å². The predicted molar refractivity (Wildman–Crippen MR) is 75.1 cm³/mol. The van der Waals surface area contributed by atoms with E-state index in [1.54, 1.807) is 0 Å². The molecule has 19 heavy (non-hydrogen) atoms. The van der Waals surface area contributed by atoms with Gasteiger partial charge in [0.15, 0.2) is 0 Å². The number of carbonyl (C=O) groups is 1. The summed E-state index contributed by atoms with van der Waals surface area (Å²) in [5, 5.41) is 2.78. The van der Waals surface area contributed by atoms with Crippen LogP contribution in [0, 0.1) is 0 Å². The summed E-state index contributed by atoms with van der Waals surface area (Å²) in [5.41, 5.74) is 8.32. The number of amides is 1. The van der Waals surface area contributed by atoms with Crippen molar-refractivity contribution < 1.29 is 9.53 Å². The van der Waals surface area contributed by atoms with Crippen LogP contribution in [0.2, 0.25) is 0 Å². The zero-order valence-corrected chi connectivity index (χ0v) is 11.8. The molecule has 0 spiro atoms. The van der Waals surface area contributed by atoms with Crippen LogP contribution in [-0.2, 0) is 11.2 Å². The minimum absolute atomic E-state index is 0.0276. The molecule has 0 unspecified atom stereocenters. The molecule has 2 rings (SSSR count). The quantitative estimate of drug-likeness (QED) is 0.858. The van der Waals surface area contributed by atoms with Crippen molar-refractivity contribution in [2.24, 2.45) is 5.73 Å². The first-order valence-electron chi connectivity index (χ1n) is 6.65. The summed E-state index contributed by atoms with van der Waals surface area (Å²) in [6.07, 6.45) is 0.467. The van der Waals surface area contributed by atoms with Crippen LogP contribution in [0.15, 0.2) is 24.3 Å². The number of hydrogen-bond acceptors (Lipinski definition) is 3. The number of rotatable bonds is 2. The van der Waals surface area contributed by atoms with E-state index >= 15 is 0 Å². The van der Waals surface area contributed by atoms with Gasteiger partial charge >= 0.3 is 6.09 Å². The lowest BCUT2D eigenvalue weighted by atomic mass is 10.00. The Hall–Kier alpha value is -1.55. The maximum Gasteiger partial charge on any atom is 0.407 e. The normalized spacial score (nSPS) is 21.9. The average molecular weight is 262 g/mol. The first kappa shape index (κ1) is 13.9. The molecule has 0 aliphatic heterocycles. The molecule has 3 N–H and O–H groups in total. The van der Waals surface area contributed by atoms with Crippen LogP contribution in [0.1, 0.15) is 37.8 Å². The van der Waals surface area contributed by atoms with Gasteiger partial charge in [0.2, 0.25) is 0 Å². The number of nitrogens with two attached hydrogens (primary N) is 1. The van der Waals surface area contributed by atoms with E-state index in [0.717, 1.165) is 6.42 Å². The molecule has 0 radical (unpaired) electrons. The van der Waals surface area contributed by atoms with Gasteiger partial charge < -0.3 is 15.8 Å². The molecule has 0 bridgehead atoms. The van der Waals surface area contributed by atoms with E-state index < -0.39 is 0 Å². The minimum Gasteiger partial charge on any atom is -0.449 e. The van der Waals surface area contributed by atoms with Gasteiger partial charge in [0.05, 0.1) is 0 Å². The van der Waals surface area contributed by atoms with Crippen molar-refractivity contribution in [2.75, 3.05) is 6.61 Å². The van der Waals surface area contributed by atoms with Gasteiger partial charge in [0.25, 0.3) is 0 Å². The smallest absolute Gasteiger partial charge is 0.407 e. The Morgan fingerprint density at radius 2 is 2.11 bits per heavy atom. The number of alkyl carbamates (subject to hydrolysis) is 1. The maximum absolute atomic E-state index is 11.7. The monoisotopic (exact) mass is 262 g/mol. The van der Waals surface area contributed by atoms with E-state index in [2.05, 4.69) is 17.4 Å². The topological polar surface area (TPSA) is 64.3 Å². The van der Waals surface area contributed by atoms with Gasteiger partial charge in [-0.2, -0.15) is 0 Å². The maximum atomic E-state index is 11.7. The molecular weight excluding hydrogens is 240 g/mol. The summed E-state index contributed by atoms with van der Waals surface area (Å²) in [4.78, 5) is 11.7. The molecule has 0 aromatic heterocycles. The Morgan fingerprint density at radius 1 is 1.42 bits per heavy atom. The second-order valence-corrected chi connectivity index (χ2v) is 6.15. The SMILES string of the molecule is CC(C)(C)NC(=O)OC[C@@H]1c2ccccc2C[C@H]1N. The molecule has 2 atom stereocenters. The van der Waals surface area contributed by atoms with Crippen molar-refractivity contribution >= 4 is 6.09 Å². The third kappa shape index (κ3) is 3.47. The van der Waals surface area contributed by atoms with E-state index in [-0.39, 0.29) is 23.6 Å². The minimum atomic E-state index is -0.385. The molecule has 4 heteroatoms. The van der Waals surface area contributed by atoms with Crippen LogP contribution >= 0.6 is 0 Å². The number of hydrogen-bond donors (Lipinski definition) is 2. The van der Waals surface area contributed by atoms with Gasteiger partial charge in [-0.25, -0.2) is 4.79 Å². The second-order valence-electron chi connectivity index (χ2n) is 6.15. The predicted octanol–water partition coefficient (Wildman–Crippen LogP) is 2.18. The molecule has 0 heterocycles. The summed E-state index contributed by atoms with van der Waals surface area (Å²) in [6, 6.07) is 8.20. The molecule has 104 valence electrons. The van der Waals surface area contributed by atoms with Crippen LogP contribution in [0.5, 0.6) is 0 Å². The van der Waals surface area contributed by atoms with E-state index in [1.165, 1.54) is 11.1 Å². The highest BCUT2D eigenvalue weighted by molar-refractivity contribution is 5.68. The molecule has 4 nitrogen and oxygen atoms in total. The second kappa shape index (κ2) is 5.21. The molecule has 1 aliphatic carbocycles. The summed E-state index contributed by atoms with van der Waals surface area (Å²) < 4.78 is 5.30. The van der Waals surface area contributed by atoms with Gasteiger partial charge in [-0.15, -0.1) is 0 Å². The van der Waals surface area contributed by atoms with Crippen molar-refractivity contribution in [1.82, 2.24) is 5.32 Å². The fraction of sp³-hybridized carbons (Fsp3) is 0.533.